The number of para-hydroxylation sites is 1. The van der Waals surface area contributed by atoms with Crippen LogP contribution in [0.1, 0.15) is 12.8 Å². The first-order chi connectivity index (χ1) is 15.9. The molecule has 0 spiro atoms. The van der Waals surface area contributed by atoms with Crippen molar-refractivity contribution in [2.24, 2.45) is 0 Å². The van der Waals surface area contributed by atoms with Crippen LogP contribution in [0.25, 0.3) is 10.9 Å². The molecule has 0 aliphatic carbocycles. The van der Waals surface area contributed by atoms with Gasteiger partial charge in [0, 0.05) is 23.5 Å². The summed E-state index contributed by atoms with van der Waals surface area (Å²) in [4.78, 5) is 42.7. The van der Waals surface area contributed by atoms with Gasteiger partial charge in [-0.25, -0.2) is 4.79 Å². The monoisotopic (exact) mass is 486 g/mol. The van der Waals surface area contributed by atoms with Crippen LogP contribution in [-0.4, -0.2) is 40.0 Å². The normalized spacial score (nSPS) is 23.4. The molecule has 0 unspecified atom stereocenters. The van der Waals surface area contributed by atoms with Gasteiger partial charge in [-0.2, -0.15) is 0 Å². The van der Waals surface area contributed by atoms with Gasteiger partial charge in [0.05, 0.1) is 33.9 Å². The van der Waals surface area contributed by atoms with Crippen LogP contribution in [-0.2, 0) is 20.8 Å². The maximum atomic E-state index is 12.8. The number of fused-ring (bicyclic) bond motifs is 3. The van der Waals surface area contributed by atoms with E-state index in [0.29, 0.717) is 41.1 Å². The molecule has 2 N–H and O–H groups in total. The molecule has 0 atom stereocenters. The summed E-state index contributed by atoms with van der Waals surface area (Å²) < 4.78 is 13.1. The third kappa shape index (κ3) is 3.45. The fourth-order valence-electron chi connectivity index (χ4n) is 4.52. The van der Waals surface area contributed by atoms with E-state index in [0.717, 1.165) is 16.3 Å². The Balaban J connectivity index is 1.15. The lowest BCUT2D eigenvalue weighted by Gasteiger charge is -2.37. The van der Waals surface area contributed by atoms with E-state index >= 15 is 0 Å². The Hall–Kier alpha value is -2.79. The molecule has 7 rings (SSSR count). The summed E-state index contributed by atoms with van der Waals surface area (Å²) in [5, 5.41) is 3.61. The van der Waals surface area contributed by atoms with Crippen LogP contribution in [0.5, 0.6) is 0 Å². The number of nitrogens with one attached hydrogen (secondary N) is 2. The number of thioether (sulfide) groups is 1. The highest BCUT2D eigenvalue weighted by atomic mass is 35.5. The third-order valence-electron chi connectivity index (χ3n) is 6.13. The average Bonchev–Trinajstić information content (AvgIpc) is 3.32. The predicted octanol–water partition coefficient (Wildman–Crippen LogP) is 2.71. The van der Waals surface area contributed by atoms with Crippen molar-refractivity contribution in [1.82, 2.24) is 9.55 Å². The van der Waals surface area contributed by atoms with Crippen LogP contribution >= 0.6 is 23.4 Å². The molecular weight excluding hydrogens is 468 g/mol. The van der Waals surface area contributed by atoms with Gasteiger partial charge in [-0.1, -0.05) is 17.7 Å². The summed E-state index contributed by atoms with van der Waals surface area (Å²) in [6, 6.07) is 10.9. The van der Waals surface area contributed by atoms with Crippen molar-refractivity contribution in [3.8, 4) is 0 Å². The van der Waals surface area contributed by atoms with Gasteiger partial charge < -0.3 is 24.7 Å². The first kappa shape index (κ1) is 20.8. The molecule has 2 aromatic carbocycles. The topological polar surface area (TPSA) is 106 Å². The number of anilines is 2. The molecule has 0 saturated carbocycles. The molecule has 33 heavy (non-hydrogen) atoms. The zero-order valence-electron chi connectivity index (χ0n) is 17.3. The second-order valence-electron chi connectivity index (χ2n) is 8.25. The van der Waals surface area contributed by atoms with Crippen LogP contribution in [0, 0.1) is 0 Å². The Morgan fingerprint density at radius 2 is 2.03 bits per heavy atom. The number of halogens is 1. The largest absolute Gasteiger partial charge is 0.328 e. The number of rotatable bonds is 5. The van der Waals surface area contributed by atoms with E-state index < -0.39 is 17.9 Å². The molecule has 1 aromatic heterocycles. The summed E-state index contributed by atoms with van der Waals surface area (Å²) in [7, 11) is 0. The third-order valence-corrected chi connectivity index (χ3v) is 7.52. The number of carbonyl (C=O) groups excluding carboxylic acids is 1. The van der Waals surface area contributed by atoms with Crippen molar-refractivity contribution in [3.05, 3.63) is 62.3 Å². The van der Waals surface area contributed by atoms with Gasteiger partial charge in [-0.3, -0.25) is 14.2 Å². The highest BCUT2D eigenvalue weighted by Crippen LogP contribution is 2.46. The van der Waals surface area contributed by atoms with Crippen molar-refractivity contribution < 1.29 is 14.3 Å². The minimum absolute atomic E-state index is 0.0134. The number of amides is 1. The van der Waals surface area contributed by atoms with Crippen molar-refractivity contribution in [2.45, 2.75) is 36.5 Å². The van der Waals surface area contributed by atoms with E-state index in [1.807, 2.05) is 23.1 Å². The Morgan fingerprint density at radius 3 is 2.88 bits per heavy atom. The number of hydrogen-bond acceptors (Lipinski definition) is 7. The molecule has 3 fully saturated rings. The summed E-state index contributed by atoms with van der Waals surface area (Å²) in [5.74, 6) is -0.361. The lowest BCUT2D eigenvalue weighted by Crippen LogP contribution is -2.47. The van der Waals surface area contributed by atoms with Crippen molar-refractivity contribution in [3.63, 3.8) is 0 Å². The molecule has 2 bridgehead atoms. The molecule has 1 amide bonds. The van der Waals surface area contributed by atoms with Gasteiger partial charge in [0.15, 0.2) is 5.79 Å². The van der Waals surface area contributed by atoms with Gasteiger partial charge in [0.25, 0.3) is 5.56 Å². The highest BCUT2D eigenvalue weighted by molar-refractivity contribution is 8.00. The molecular formula is C22H19ClN4O5S. The highest BCUT2D eigenvalue weighted by Gasteiger charge is 2.58. The van der Waals surface area contributed by atoms with E-state index in [-0.39, 0.29) is 18.0 Å². The maximum Gasteiger partial charge on any atom is 0.328 e. The van der Waals surface area contributed by atoms with Crippen LogP contribution in [0.2, 0.25) is 5.02 Å². The lowest BCUT2D eigenvalue weighted by atomic mass is 10.1. The molecule has 3 saturated heterocycles. The quantitative estimate of drug-likeness (QED) is 0.571. The van der Waals surface area contributed by atoms with E-state index in [9.17, 15) is 14.4 Å². The Kier molecular flexibility index (Phi) is 4.80. The number of benzene rings is 2. The Morgan fingerprint density at radius 1 is 1.18 bits per heavy atom. The molecule has 4 aliphatic rings. The van der Waals surface area contributed by atoms with Gasteiger partial charge in [0.2, 0.25) is 12.3 Å². The van der Waals surface area contributed by atoms with E-state index in [1.165, 1.54) is 16.3 Å². The summed E-state index contributed by atoms with van der Waals surface area (Å²) in [6.45, 7) is 0.758. The standard InChI is InChI=1S/C22H19ClN4O5S/c23-14-4-1-3-13-18(14)25-20(30)26(19(13)29)8-2-7-22-11-27(21(31-22)32-22)12-5-6-16-15(9-12)24-17(28)10-33-16/h1,3-6,9,21H,2,7-8,10-11H2,(H,24,28)(H,25,30). The smallest absolute Gasteiger partial charge is 0.324 e. The second-order valence-corrected chi connectivity index (χ2v) is 9.68. The Labute approximate surface area is 196 Å². The number of ether oxygens (including phenoxy) is 2. The van der Waals surface area contributed by atoms with Crippen LogP contribution < -0.4 is 21.5 Å². The van der Waals surface area contributed by atoms with E-state index in [2.05, 4.69) is 10.3 Å². The first-order valence-corrected chi connectivity index (χ1v) is 11.9. The average molecular weight is 487 g/mol. The van der Waals surface area contributed by atoms with Gasteiger partial charge in [0.1, 0.15) is 0 Å². The molecule has 9 nitrogen and oxygen atoms in total. The number of aromatic amines is 1. The second kappa shape index (κ2) is 7.63. The molecule has 170 valence electrons. The number of hydrogen-bond donors (Lipinski definition) is 2. The van der Waals surface area contributed by atoms with Crippen LogP contribution in [0.3, 0.4) is 0 Å². The lowest BCUT2D eigenvalue weighted by molar-refractivity contribution is -0.406. The van der Waals surface area contributed by atoms with Crippen molar-refractivity contribution in [1.29, 1.82) is 0 Å². The molecule has 0 radical (unpaired) electrons. The number of nitrogens with zero attached hydrogens (tertiary/aromatic N) is 2. The minimum atomic E-state index is -0.769. The molecule has 4 aliphatic heterocycles. The SMILES string of the molecule is O=C1CSc2ccc(N3CC4(CCCn5c(=O)[nH]c6c(Cl)cccc6c5=O)OC3O4)cc2N1. The molecule has 5 heterocycles. The molecule has 11 heteroatoms. The zero-order chi connectivity index (χ0) is 22.7. The summed E-state index contributed by atoms with van der Waals surface area (Å²) in [6.07, 6.45) is 0.563. The fraction of sp³-hybridized carbons (Fsp3) is 0.318. The van der Waals surface area contributed by atoms with Gasteiger partial charge >= 0.3 is 5.69 Å². The van der Waals surface area contributed by atoms with Crippen LogP contribution in [0.4, 0.5) is 11.4 Å². The number of H-pyrrole nitrogens is 1. The van der Waals surface area contributed by atoms with Gasteiger partial charge in [-0.05, 0) is 36.8 Å². The Bertz CT molecular complexity index is 1410. The zero-order valence-corrected chi connectivity index (χ0v) is 18.9. The minimum Gasteiger partial charge on any atom is -0.324 e. The van der Waals surface area contributed by atoms with Crippen molar-refractivity contribution >= 4 is 51.5 Å². The maximum absolute atomic E-state index is 12.8. The van der Waals surface area contributed by atoms with Gasteiger partial charge in [-0.15, -0.1) is 11.8 Å². The summed E-state index contributed by atoms with van der Waals surface area (Å²) in [5.41, 5.74) is 1.18. The predicted molar refractivity (Wildman–Crippen MR) is 125 cm³/mol. The molecule has 3 aromatic rings. The first-order valence-electron chi connectivity index (χ1n) is 10.5. The number of carbonyl (C=O) groups is 1. The fourth-order valence-corrected chi connectivity index (χ4v) is 5.53. The van der Waals surface area contributed by atoms with E-state index in [1.54, 1.807) is 18.2 Å². The number of aromatic nitrogens is 2. The summed E-state index contributed by atoms with van der Waals surface area (Å²) >= 11 is 7.61. The van der Waals surface area contributed by atoms with Crippen LogP contribution in [0.15, 0.2) is 50.9 Å². The van der Waals surface area contributed by atoms with Crippen molar-refractivity contribution in [2.75, 3.05) is 22.5 Å². The van der Waals surface area contributed by atoms with E-state index in [4.69, 9.17) is 21.1 Å².